The number of nitrogens with one attached hydrogen (secondary N) is 4. The number of pyridine rings is 1. The van der Waals surface area contributed by atoms with Crippen LogP contribution < -0.4 is 21.5 Å². The quantitative estimate of drug-likeness (QED) is 0.236. The lowest BCUT2D eigenvalue weighted by atomic mass is 9.94. The van der Waals surface area contributed by atoms with Gasteiger partial charge in [0.2, 0.25) is 0 Å². The molecule has 220 valence electrons. The zero-order valence-electron chi connectivity index (χ0n) is 26.6. The number of likely N-dealkylation sites (N-methyl/N-ethyl adjacent to an activating group) is 1. The van der Waals surface area contributed by atoms with E-state index >= 15 is 4.39 Å². The third kappa shape index (κ3) is 6.05. The number of anilines is 1. The van der Waals surface area contributed by atoms with Crippen LogP contribution in [0.1, 0.15) is 41.7 Å². The zero-order valence-corrected chi connectivity index (χ0v) is 24.3. The fourth-order valence-electron chi connectivity index (χ4n) is 4.48. The number of ether oxygens (including phenoxy) is 1. The third-order valence-corrected chi connectivity index (χ3v) is 6.55. The fraction of sp³-hybridized carbons (Fsp3) is 0.357. The van der Waals surface area contributed by atoms with Gasteiger partial charge in [-0.2, -0.15) is 15.5 Å². The van der Waals surface area contributed by atoms with Gasteiger partial charge in [0.05, 0.1) is 51.4 Å². The number of halogens is 2. The van der Waals surface area contributed by atoms with Crippen LogP contribution in [-0.2, 0) is 24.8 Å². The van der Waals surface area contributed by atoms with Crippen molar-refractivity contribution in [2.24, 2.45) is 7.05 Å². The Kier molecular flexibility index (Phi) is 7.62. The van der Waals surface area contributed by atoms with E-state index < -0.39 is 30.0 Å². The number of hydrogen-bond acceptors (Lipinski definition) is 9. The molecule has 0 radical (unpaired) electrons. The van der Waals surface area contributed by atoms with Crippen molar-refractivity contribution >= 4 is 34.3 Å². The molecular weight excluding hydrogens is 565 g/mol. The largest absolute Gasteiger partial charge is 0.444 e. The van der Waals surface area contributed by atoms with E-state index in [0.29, 0.717) is 18.5 Å². The van der Waals surface area contributed by atoms with Crippen LogP contribution >= 0.6 is 11.6 Å². The minimum atomic E-state index is -2.77. The normalized spacial score (nSPS) is 12.8. The van der Waals surface area contributed by atoms with Crippen molar-refractivity contribution in [3.63, 3.8) is 0 Å². The Morgan fingerprint density at radius 2 is 2.12 bits per heavy atom. The van der Waals surface area contributed by atoms with Gasteiger partial charge in [0.15, 0.2) is 5.82 Å². The van der Waals surface area contributed by atoms with Crippen molar-refractivity contribution in [3.8, 4) is 28.6 Å². The zero-order chi connectivity index (χ0) is 33.3. The molecule has 0 aliphatic heterocycles. The van der Waals surface area contributed by atoms with Crippen LogP contribution in [0.15, 0.2) is 23.1 Å². The molecule has 12 nitrogen and oxygen atoms in total. The summed E-state index contributed by atoms with van der Waals surface area (Å²) in [6.45, 7) is 2.60. The number of H-pyrrole nitrogens is 1. The lowest BCUT2D eigenvalue weighted by molar-refractivity contribution is 0.0523. The summed E-state index contributed by atoms with van der Waals surface area (Å²) >= 11 is 6.30. The molecule has 3 aromatic heterocycles. The number of rotatable bonds is 8. The Labute approximate surface area is 250 Å². The van der Waals surface area contributed by atoms with Crippen molar-refractivity contribution < 1.29 is 18.0 Å². The van der Waals surface area contributed by atoms with E-state index in [9.17, 15) is 14.9 Å². The number of fused-ring (bicyclic) bond motifs is 1. The number of nitrogens with zero attached hydrogens (tertiary/aromatic N) is 5. The van der Waals surface area contributed by atoms with Gasteiger partial charge in [-0.15, -0.1) is 0 Å². The molecule has 0 fully saturated rings. The van der Waals surface area contributed by atoms with Crippen LogP contribution in [-0.4, -0.2) is 57.2 Å². The number of nitriles is 1. The highest BCUT2D eigenvalue weighted by molar-refractivity contribution is 6.31. The average Bonchev–Trinajstić information content (AvgIpc) is 3.31. The number of aromatic nitrogens is 5. The van der Waals surface area contributed by atoms with Crippen molar-refractivity contribution in [3.05, 3.63) is 56.3 Å². The Bertz CT molecular complexity index is 1880. The van der Waals surface area contributed by atoms with Gasteiger partial charge in [-0.05, 0) is 58.5 Å². The lowest BCUT2D eigenvalue weighted by Crippen LogP contribution is -2.32. The molecule has 1 amide bonds. The van der Waals surface area contributed by atoms with Crippen LogP contribution in [0.5, 0.6) is 0 Å². The van der Waals surface area contributed by atoms with Gasteiger partial charge < -0.3 is 20.7 Å². The summed E-state index contributed by atoms with van der Waals surface area (Å²) in [5.74, 6) is -1.17. The molecule has 0 saturated carbocycles. The molecule has 3 heterocycles. The highest BCUT2D eigenvalue weighted by atomic mass is 35.5. The van der Waals surface area contributed by atoms with Crippen molar-refractivity contribution in [2.75, 3.05) is 25.9 Å². The molecule has 0 saturated heterocycles. The smallest absolute Gasteiger partial charge is 0.407 e. The molecule has 0 atom stereocenters. The molecule has 4 rings (SSSR count). The van der Waals surface area contributed by atoms with Gasteiger partial charge in [0.1, 0.15) is 17.5 Å². The number of hydrogen-bond donors (Lipinski definition) is 4. The summed E-state index contributed by atoms with van der Waals surface area (Å²) in [7, 11) is 3.28. The predicted octanol–water partition coefficient (Wildman–Crippen LogP) is 3.88. The molecule has 0 bridgehead atoms. The molecule has 14 heteroatoms. The number of carbonyl (C=O) groups excluding carboxylic acids is 1. The predicted molar refractivity (Wildman–Crippen MR) is 158 cm³/mol. The first-order valence-electron chi connectivity index (χ1n) is 14.3. The minimum absolute atomic E-state index is 0.0407. The summed E-state index contributed by atoms with van der Waals surface area (Å²) in [6.07, 6.45) is 1.00. The Balaban J connectivity index is 1.99. The second-order valence-electron chi connectivity index (χ2n) is 10.3. The fourth-order valence-corrected chi connectivity index (χ4v) is 4.70. The summed E-state index contributed by atoms with van der Waals surface area (Å²) in [6, 6.07) is 4.94. The number of carbonyl (C=O) groups is 1. The highest BCUT2D eigenvalue weighted by Crippen LogP contribution is 2.39. The van der Waals surface area contributed by atoms with Gasteiger partial charge in [-0.3, -0.25) is 9.48 Å². The maximum absolute atomic E-state index is 15.8. The number of alkyl carbamates (subject to hydrolysis) is 1. The van der Waals surface area contributed by atoms with Gasteiger partial charge in [0.25, 0.3) is 5.56 Å². The molecule has 4 aromatic rings. The number of benzene rings is 1. The molecule has 0 aliphatic rings. The van der Waals surface area contributed by atoms with Gasteiger partial charge in [0, 0.05) is 29.1 Å². The first kappa shape index (κ1) is 26.4. The van der Waals surface area contributed by atoms with Crippen LogP contribution in [0.25, 0.3) is 33.3 Å². The molecule has 4 N–H and O–H groups in total. The first-order chi connectivity index (χ1) is 21.0. The van der Waals surface area contributed by atoms with E-state index in [2.05, 4.69) is 42.3 Å². The number of amides is 1. The second kappa shape index (κ2) is 12.1. The maximum atomic E-state index is 15.8. The van der Waals surface area contributed by atoms with Crippen molar-refractivity contribution in [2.45, 2.75) is 39.3 Å². The Morgan fingerprint density at radius 3 is 2.79 bits per heavy atom. The van der Waals surface area contributed by atoms with Gasteiger partial charge in [-0.1, -0.05) is 11.6 Å². The average molecular weight is 599 g/mol. The van der Waals surface area contributed by atoms with Crippen LogP contribution in [0.2, 0.25) is 5.02 Å². The lowest BCUT2D eigenvalue weighted by Gasteiger charge is -2.19. The summed E-state index contributed by atoms with van der Waals surface area (Å²) in [4.78, 5) is 29.8. The molecule has 0 unspecified atom stereocenters. The van der Waals surface area contributed by atoms with Crippen LogP contribution in [0, 0.1) is 17.1 Å². The summed E-state index contributed by atoms with van der Waals surface area (Å²) in [5, 5.41) is 28.4. The van der Waals surface area contributed by atoms with E-state index in [1.165, 1.54) is 23.0 Å². The van der Waals surface area contributed by atoms with E-state index in [-0.39, 0.29) is 61.9 Å². The van der Waals surface area contributed by atoms with Crippen molar-refractivity contribution in [1.82, 2.24) is 35.6 Å². The standard InChI is InChI=1S/C28H31ClFN9O3/c1-28(2,3)42-27(41)34-13-20-15-10-19(36-25(33-5)22(15)26(40)38-37-20)17-12-35-39(6)24(17)21-16(11-31)14(7-8-32-4)9-18(29)23(21)30/h9-10,12,32H,7-8,13H2,1-6H3,(H,33,36)(H,34,41)(H,38,40)/i5D3. The molecule has 0 aliphatic carbocycles. The first-order valence-corrected chi connectivity index (χ1v) is 13.2. The topological polar surface area (TPSA) is 163 Å². The number of aromatic amines is 1. The molecule has 0 spiro atoms. The van der Waals surface area contributed by atoms with E-state index in [1.807, 2.05) is 0 Å². The SMILES string of the molecule is [2H]C([2H])([2H])Nc1nc(-c2cnn(C)c2-c2c(F)c(Cl)cc(CCNC)c2C#N)cc2c(CNC(=O)OC(C)(C)C)n[nH]c(=O)c12. The molecular formula is C28H31ClFN9O3. The summed E-state index contributed by atoms with van der Waals surface area (Å²) in [5.41, 5.74) is -0.532. The van der Waals surface area contributed by atoms with Gasteiger partial charge >= 0.3 is 6.09 Å². The van der Waals surface area contributed by atoms with E-state index in [1.54, 1.807) is 34.9 Å². The molecule has 1 aromatic carbocycles. The van der Waals surface area contributed by atoms with E-state index in [0.717, 1.165) is 0 Å². The molecule has 42 heavy (non-hydrogen) atoms. The highest BCUT2D eigenvalue weighted by Gasteiger charge is 2.26. The Hall–Kier alpha value is -4.54. The van der Waals surface area contributed by atoms with Crippen molar-refractivity contribution in [1.29, 1.82) is 5.26 Å². The van der Waals surface area contributed by atoms with E-state index in [4.69, 9.17) is 20.5 Å². The van der Waals surface area contributed by atoms with Crippen LogP contribution in [0.4, 0.5) is 15.0 Å². The Morgan fingerprint density at radius 1 is 1.36 bits per heavy atom. The summed E-state index contributed by atoms with van der Waals surface area (Å²) < 4.78 is 45.8. The second-order valence-corrected chi connectivity index (χ2v) is 10.7. The van der Waals surface area contributed by atoms with Gasteiger partial charge in [-0.25, -0.2) is 19.3 Å². The third-order valence-electron chi connectivity index (χ3n) is 6.28. The van der Waals surface area contributed by atoms with Crippen LogP contribution in [0.3, 0.4) is 0 Å². The monoisotopic (exact) mass is 598 g/mol. The number of aryl methyl sites for hydroxylation is 1. The minimum Gasteiger partial charge on any atom is -0.444 e. The maximum Gasteiger partial charge on any atom is 0.407 e.